The monoisotopic (exact) mass is 469 g/mol. The topological polar surface area (TPSA) is 144 Å². The Morgan fingerprint density at radius 2 is 2.00 bits per heavy atom. The second kappa shape index (κ2) is 7.72. The van der Waals surface area contributed by atoms with Crippen molar-refractivity contribution >= 4 is 24.8 Å². The molecule has 0 aliphatic carbocycles. The van der Waals surface area contributed by atoms with E-state index >= 15 is 0 Å². The van der Waals surface area contributed by atoms with Crippen molar-refractivity contribution in [2.75, 3.05) is 12.3 Å². The van der Waals surface area contributed by atoms with Crippen LogP contribution in [-0.2, 0) is 23.1 Å². The van der Waals surface area contributed by atoms with Crippen LogP contribution in [0.4, 0.5) is 5.82 Å². The fourth-order valence-electron chi connectivity index (χ4n) is 4.63. The van der Waals surface area contributed by atoms with Crippen molar-refractivity contribution in [2.45, 2.75) is 84.0 Å². The SMILES string of the molecule is CC(C)(C)CC12CCOC(C1OP(=O)(O)OC(C)(C)C)[C@H](n1cnc3c(N)ncnc31)O2. The maximum absolute atomic E-state index is 12.9. The zero-order valence-electron chi connectivity index (χ0n) is 19.3. The Kier molecular flexibility index (Phi) is 5.67. The van der Waals surface area contributed by atoms with Crippen molar-refractivity contribution in [2.24, 2.45) is 5.41 Å². The third kappa shape index (κ3) is 4.55. The van der Waals surface area contributed by atoms with E-state index in [0.717, 1.165) is 0 Å². The third-order valence-corrected chi connectivity index (χ3v) is 6.69. The minimum absolute atomic E-state index is 0.147. The molecule has 0 saturated carbocycles. The maximum Gasteiger partial charge on any atom is 0.473 e. The average Bonchev–Trinajstić information content (AvgIpc) is 3.07. The van der Waals surface area contributed by atoms with Crippen molar-refractivity contribution in [1.29, 1.82) is 0 Å². The molecule has 2 fully saturated rings. The van der Waals surface area contributed by atoms with Gasteiger partial charge in [-0.1, -0.05) is 20.8 Å². The molecule has 2 aliphatic heterocycles. The highest BCUT2D eigenvalue weighted by Crippen LogP contribution is 2.58. The Hall–Kier alpha value is -1.62. The molecule has 0 amide bonds. The molecule has 2 aromatic heterocycles. The van der Waals surface area contributed by atoms with E-state index in [9.17, 15) is 9.46 Å². The quantitative estimate of drug-likeness (QED) is 0.626. The summed E-state index contributed by atoms with van der Waals surface area (Å²) in [5, 5.41) is 0. The van der Waals surface area contributed by atoms with Crippen LogP contribution in [0.1, 0.15) is 60.6 Å². The first-order valence-corrected chi connectivity index (χ1v) is 12.1. The summed E-state index contributed by atoms with van der Waals surface area (Å²) < 4.78 is 38.5. The lowest BCUT2D eigenvalue weighted by atomic mass is 9.76. The van der Waals surface area contributed by atoms with Gasteiger partial charge in [-0.05, 0) is 32.6 Å². The van der Waals surface area contributed by atoms with Gasteiger partial charge in [0, 0.05) is 6.42 Å². The van der Waals surface area contributed by atoms with Gasteiger partial charge in [-0.3, -0.25) is 13.6 Å². The number of anilines is 1. The van der Waals surface area contributed by atoms with E-state index in [1.807, 2.05) is 0 Å². The molecule has 2 aliphatic rings. The van der Waals surface area contributed by atoms with E-state index in [0.29, 0.717) is 30.6 Å². The lowest BCUT2D eigenvalue weighted by Gasteiger charge is -2.42. The second-order valence-electron chi connectivity index (χ2n) is 10.7. The van der Waals surface area contributed by atoms with Crippen LogP contribution in [0.2, 0.25) is 0 Å². The van der Waals surface area contributed by atoms with E-state index in [2.05, 4.69) is 35.7 Å². The number of nitrogens with zero attached hydrogens (tertiary/aromatic N) is 4. The summed E-state index contributed by atoms with van der Waals surface area (Å²) in [7, 11) is -4.42. The molecule has 32 heavy (non-hydrogen) atoms. The van der Waals surface area contributed by atoms with Crippen molar-refractivity contribution in [3.8, 4) is 0 Å². The highest BCUT2D eigenvalue weighted by atomic mass is 31.2. The van der Waals surface area contributed by atoms with Gasteiger partial charge in [0.1, 0.15) is 29.7 Å². The number of nitrogens with two attached hydrogens (primary N) is 1. The number of hydrogen-bond acceptors (Lipinski definition) is 9. The Labute approximate surface area is 187 Å². The predicted octanol–water partition coefficient (Wildman–Crippen LogP) is 3.20. The standard InChI is InChI=1S/C20H32N5O6P/c1-18(2,3)9-20-7-8-28-13(14(20)30-32(26,27)31-19(4,5)6)17(29-20)25-11-24-12-15(21)22-10-23-16(12)25/h10-11,13-14,17H,7-9H2,1-6H3,(H,26,27)(H2,21,22,23)/t13?,14?,17-,20?/m1/s1. The molecular weight excluding hydrogens is 437 g/mol. The summed E-state index contributed by atoms with van der Waals surface area (Å²) in [5.74, 6) is 0.256. The molecule has 12 heteroatoms. The summed E-state index contributed by atoms with van der Waals surface area (Å²) >= 11 is 0. The number of imidazole rings is 1. The van der Waals surface area contributed by atoms with Crippen LogP contribution < -0.4 is 5.73 Å². The number of rotatable bonds is 5. The lowest BCUT2D eigenvalue weighted by Crippen LogP contribution is -2.51. The number of phosphoric acid groups is 1. The van der Waals surface area contributed by atoms with E-state index in [-0.39, 0.29) is 11.2 Å². The fourth-order valence-corrected chi connectivity index (χ4v) is 5.96. The van der Waals surface area contributed by atoms with Gasteiger partial charge in [0.05, 0.1) is 18.5 Å². The van der Waals surface area contributed by atoms with Crippen molar-refractivity contribution < 1.29 is 28.0 Å². The Bertz CT molecular complexity index is 1050. The molecule has 4 rings (SSSR count). The Morgan fingerprint density at radius 3 is 2.66 bits per heavy atom. The molecule has 3 N–H and O–H groups in total. The molecule has 2 saturated heterocycles. The first-order valence-electron chi connectivity index (χ1n) is 10.6. The average molecular weight is 469 g/mol. The van der Waals surface area contributed by atoms with Gasteiger partial charge >= 0.3 is 7.82 Å². The molecule has 0 aromatic carbocycles. The van der Waals surface area contributed by atoms with E-state index in [1.165, 1.54) is 6.33 Å². The summed E-state index contributed by atoms with van der Waals surface area (Å²) in [4.78, 5) is 23.2. The highest BCUT2D eigenvalue weighted by Gasteiger charge is 2.62. The molecule has 0 radical (unpaired) electrons. The molecule has 2 aromatic rings. The van der Waals surface area contributed by atoms with Crippen LogP contribution in [0.15, 0.2) is 12.7 Å². The van der Waals surface area contributed by atoms with E-state index < -0.39 is 37.5 Å². The molecular formula is C20H32N5O6P. The van der Waals surface area contributed by atoms with Gasteiger partial charge in [-0.25, -0.2) is 19.5 Å². The number of hydrogen-bond donors (Lipinski definition) is 2. The summed E-state index contributed by atoms with van der Waals surface area (Å²) in [6, 6.07) is 0. The number of phosphoric ester groups is 1. The van der Waals surface area contributed by atoms with Gasteiger partial charge < -0.3 is 20.1 Å². The van der Waals surface area contributed by atoms with Gasteiger partial charge in [0.15, 0.2) is 17.7 Å². The highest BCUT2D eigenvalue weighted by molar-refractivity contribution is 7.47. The zero-order valence-corrected chi connectivity index (χ0v) is 20.2. The van der Waals surface area contributed by atoms with Gasteiger partial charge in [0.2, 0.25) is 0 Å². The van der Waals surface area contributed by atoms with Crippen LogP contribution in [-0.4, -0.2) is 54.4 Å². The molecule has 4 heterocycles. The molecule has 5 atom stereocenters. The second-order valence-corrected chi connectivity index (χ2v) is 12.0. The molecule has 178 valence electrons. The van der Waals surface area contributed by atoms with Crippen LogP contribution in [0.5, 0.6) is 0 Å². The minimum Gasteiger partial charge on any atom is -0.382 e. The number of aromatic nitrogens is 4. The van der Waals surface area contributed by atoms with Crippen LogP contribution in [0.3, 0.4) is 0 Å². The third-order valence-electron chi connectivity index (χ3n) is 5.42. The summed E-state index contributed by atoms with van der Waals surface area (Å²) in [6.45, 7) is 11.8. The fraction of sp³-hybridized carbons (Fsp3) is 0.750. The smallest absolute Gasteiger partial charge is 0.382 e. The Balaban J connectivity index is 1.75. The van der Waals surface area contributed by atoms with E-state index in [4.69, 9.17) is 24.3 Å². The molecule has 0 spiro atoms. The predicted molar refractivity (Wildman–Crippen MR) is 117 cm³/mol. The molecule has 2 bridgehead atoms. The number of fused-ring (bicyclic) bond motifs is 3. The van der Waals surface area contributed by atoms with Crippen molar-refractivity contribution in [1.82, 2.24) is 19.5 Å². The van der Waals surface area contributed by atoms with Crippen LogP contribution >= 0.6 is 7.82 Å². The lowest BCUT2D eigenvalue weighted by molar-refractivity contribution is -0.137. The Morgan fingerprint density at radius 1 is 1.28 bits per heavy atom. The first kappa shape index (κ1) is 23.5. The van der Waals surface area contributed by atoms with Crippen LogP contribution in [0.25, 0.3) is 11.2 Å². The zero-order chi connectivity index (χ0) is 23.5. The first-order chi connectivity index (χ1) is 14.7. The molecule has 11 nitrogen and oxygen atoms in total. The van der Waals surface area contributed by atoms with Gasteiger partial charge in [-0.2, -0.15) is 0 Å². The van der Waals surface area contributed by atoms with Gasteiger partial charge in [-0.15, -0.1) is 0 Å². The maximum atomic E-state index is 12.9. The van der Waals surface area contributed by atoms with Crippen molar-refractivity contribution in [3.05, 3.63) is 12.7 Å². The van der Waals surface area contributed by atoms with Crippen LogP contribution in [0, 0.1) is 5.41 Å². The summed E-state index contributed by atoms with van der Waals surface area (Å²) in [5.41, 5.74) is 5.00. The number of nitrogen functional groups attached to an aromatic ring is 1. The normalized spacial score (nSPS) is 30.5. The minimum atomic E-state index is -4.42. The van der Waals surface area contributed by atoms with Crippen molar-refractivity contribution in [3.63, 3.8) is 0 Å². The van der Waals surface area contributed by atoms with E-state index in [1.54, 1.807) is 31.7 Å². The van der Waals surface area contributed by atoms with Gasteiger partial charge in [0.25, 0.3) is 0 Å². The molecule has 4 unspecified atom stereocenters. The summed E-state index contributed by atoms with van der Waals surface area (Å²) in [6.07, 6.45) is 1.81. The largest absolute Gasteiger partial charge is 0.473 e. The number of ether oxygens (including phenoxy) is 2.